The fourth-order valence-corrected chi connectivity index (χ4v) is 6.57. The summed E-state index contributed by atoms with van der Waals surface area (Å²) in [5.74, 6) is 0. The number of nitrogens with one attached hydrogen (secondary N) is 2. The normalized spacial score (nSPS) is 10.7. The van der Waals surface area contributed by atoms with Crippen LogP contribution in [0.25, 0.3) is 0 Å². The van der Waals surface area contributed by atoms with Gasteiger partial charge in [-0.3, -0.25) is 0 Å². The van der Waals surface area contributed by atoms with E-state index < -0.39 is 0 Å². The van der Waals surface area contributed by atoms with Crippen LogP contribution in [0.2, 0.25) is 0 Å². The standard InChI is InChI=1S/C49H40N4/c1-5-13-44(14-6-1)52(45-15-7-2-8-16-45)48-33-29-42(30-34-48)50-40-25-21-38(22-26-40)37-39-23-27-41(28-24-39)51-43-31-35-49(36-32-43)53(46-17-9-3-10-18-46)47-19-11-4-12-20-47/h1-36,50-51H,37H2. The summed E-state index contributed by atoms with van der Waals surface area (Å²) in [5, 5.41) is 7.14. The van der Waals surface area contributed by atoms with E-state index in [1.54, 1.807) is 0 Å². The molecule has 4 heteroatoms. The quantitative estimate of drug-likeness (QED) is 0.134. The highest BCUT2D eigenvalue weighted by Gasteiger charge is 2.13. The molecule has 0 fully saturated rings. The Kier molecular flexibility index (Phi) is 9.93. The van der Waals surface area contributed by atoms with E-state index in [0.717, 1.165) is 63.3 Å². The average molecular weight is 685 g/mol. The van der Waals surface area contributed by atoms with E-state index in [4.69, 9.17) is 0 Å². The topological polar surface area (TPSA) is 30.5 Å². The molecule has 0 heterocycles. The maximum absolute atomic E-state index is 3.57. The third-order valence-electron chi connectivity index (χ3n) is 9.20. The predicted molar refractivity (Wildman–Crippen MR) is 225 cm³/mol. The van der Waals surface area contributed by atoms with Gasteiger partial charge in [0, 0.05) is 56.9 Å². The molecular weight excluding hydrogens is 645 g/mol. The Labute approximate surface area is 312 Å². The van der Waals surface area contributed by atoms with Gasteiger partial charge in [-0.1, -0.05) is 97.1 Å². The van der Waals surface area contributed by atoms with Gasteiger partial charge in [-0.15, -0.1) is 0 Å². The molecule has 0 aliphatic heterocycles. The fourth-order valence-electron chi connectivity index (χ4n) is 6.57. The van der Waals surface area contributed by atoms with Crippen LogP contribution in [-0.4, -0.2) is 0 Å². The van der Waals surface area contributed by atoms with Crippen LogP contribution >= 0.6 is 0 Å². The number of benzene rings is 8. The summed E-state index contributed by atoms with van der Waals surface area (Å²) in [6, 6.07) is 76.5. The Morgan fingerprint density at radius 2 is 0.472 bits per heavy atom. The Bertz CT molecular complexity index is 2060. The Hall–Kier alpha value is -7.04. The monoisotopic (exact) mass is 684 g/mol. The van der Waals surface area contributed by atoms with Crippen molar-refractivity contribution in [3.8, 4) is 0 Å². The summed E-state index contributed by atoms with van der Waals surface area (Å²) in [6.45, 7) is 0. The van der Waals surface area contributed by atoms with E-state index in [9.17, 15) is 0 Å². The van der Waals surface area contributed by atoms with Gasteiger partial charge in [-0.2, -0.15) is 0 Å². The van der Waals surface area contributed by atoms with E-state index in [2.05, 4.69) is 215 Å². The number of para-hydroxylation sites is 4. The van der Waals surface area contributed by atoms with Crippen LogP contribution in [0.5, 0.6) is 0 Å². The lowest BCUT2D eigenvalue weighted by molar-refractivity contribution is 1.19. The van der Waals surface area contributed by atoms with Gasteiger partial charge in [-0.05, 0) is 139 Å². The first-order valence-electron chi connectivity index (χ1n) is 18.0. The lowest BCUT2D eigenvalue weighted by atomic mass is 10.0. The number of hydrogen-bond acceptors (Lipinski definition) is 4. The zero-order valence-electron chi connectivity index (χ0n) is 29.4. The summed E-state index contributed by atoms with van der Waals surface area (Å²) >= 11 is 0. The molecule has 0 amide bonds. The first-order chi connectivity index (χ1) is 26.2. The maximum atomic E-state index is 3.57. The van der Waals surface area contributed by atoms with E-state index in [1.165, 1.54) is 11.1 Å². The SMILES string of the molecule is c1ccc(N(c2ccccc2)c2ccc(Nc3ccc(Cc4ccc(Nc5ccc(N(c6ccccc6)c6ccccc6)cc5)cc4)cc3)cc2)cc1. The van der Waals surface area contributed by atoms with Gasteiger partial charge in [0.2, 0.25) is 0 Å². The van der Waals surface area contributed by atoms with Crippen LogP contribution in [0, 0.1) is 0 Å². The summed E-state index contributed by atoms with van der Waals surface area (Å²) in [6.07, 6.45) is 0.869. The highest BCUT2D eigenvalue weighted by Crippen LogP contribution is 2.36. The molecule has 4 nitrogen and oxygen atoms in total. The van der Waals surface area contributed by atoms with Gasteiger partial charge in [0.1, 0.15) is 0 Å². The average Bonchev–Trinajstić information content (AvgIpc) is 3.22. The van der Waals surface area contributed by atoms with Crippen molar-refractivity contribution in [3.63, 3.8) is 0 Å². The molecular formula is C49H40N4. The summed E-state index contributed by atoms with van der Waals surface area (Å²) in [5.41, 5.74) is 13.5. The van der Waals surface area contributed by atoms with Gasteiger partial charge >= 0.3 is 0 Å². The molecule has 0 aromatic heterocycles. The van der Waals surface area contributed by atoms with Crippen molar-refractivity contribution in [2.24, 2.45) is 0 Å². The number of rotatable bonds is 12. The minimum absolute atomic E-state index is 0.869. The lowest BCUT2D eigenvalue weighted by Gasteiger charge is -2.25. The van der Waals surface area contributed by atoms with Crippen LogP contribution in [0.1, 0.15) is 11.1 Å². The van der Waals surface area contributed by atoms with Crippen LogP contribution in [0.4, 0.5) is 56.9 Å². The lowest BCUT2D eigenvalue weighted by Crippen LogP contribution is -2.09. The first kappa shape index (κ1) is 33.1. The molecule has 0 bridgehead atoms. The van der Waals surface area contributed by atoms with Gasteiger partial charge in [-0.25, -0.2) is 0 Å². The van der Waals surface area contributed by atoms with E-state index in [1.807, 2.05) is 24.3 Å². The molecule has 0 saturated heterocycles. The molecule has 0 aliphatic carbocycles. The Balaban J connectivity index is 0.882. The van der Waals surface area contributed by atoms with Crippen LogP contribution < -0.4 is 20.4 Å². The molecule has 0 aliphatic rings. The summed E-state index contributed by atoms with van der Waals surface area (Å²) < 4.78 is 0. The smallest absolute Gasteiger partial charge is 0.0463 e. The van der Waals surface area contributed by atoms with E-state index in [0.29, 0.717) is 0 Å². The van der Waals surface area contributed by atoms with Crippen molar-refractivity contribution in [1.29, 1.82) is 0 Å². The van der Waals surface area contributed by atoms with Crippen molar-refractivity contribution in [2.45, 2.75) is 6.42 Å². The minimum atomic E-state index is 0.869. The molecule has 0 saturated carbocycles. The zero-order valence-corrected chi connectivity index (χ0v) is 29.4. The molecule has 8 aromatic rings. The van der Waals surface area contributed by atoms with Gasteiger partial charge in [0.15, 0.2) is 0 Å². The van der Waals surface area contributed by atoms with Gasteiger partial charge < -0.3 is 20.4 Å². The van der Waals surface area contributed by atoms with Crippen molar-refractivity contribution in [1.82, 2.24) is 0 Å². The highest BCUT2D eigenvalue weighted by atomic mass is 15.1. The number of nitrogens with zero attached hydrogens (tertiary/aromatic N) is 2. The van der Waals surface area contributed by atoms with Gasteiger partial charge in [0.25, 0.3) is 0 Å². The molecule has 0 atom stereocenters. The van der Waals surface area contributed by atoms with Crippen LogP contribution in [0.15, 0.2) is 218 Å². The molecule has 256 valence electrons. The highest BCUT2D eigenvalue weighted by molar-refractivity contribution is 5.79. The van der Waals surface area contributed by atoms with Crippen molar-refractivity contribution in [2.75, 3.05) is 20.4 Å². The second-order valence-electron chi connectivity index (χ2n) is 12.9. The van der Waals surface area contributed by atoms with Crippen molar-refractivity contribution >= 4 is 56.9 Å². The largest absolute Gasteiger partial charge is 0.356 e. The molecule has 8 aromatic carbocycles. The molecule has 0 spiro atoms. The molecule has 53 heavy (non-hydrogen) atoms. The second-order valence-corrected chi connectivity index (χ2v) is 12.9. The third-order valence-corrected chi connectivity index (χ3v) is 9.20. The maximum Gasteiger partial charge on any atom is 0.0463 e. The Morgan fingerprint density at radius 3 is 0.736 bits per heavy atom. The summed E-state index contributed by atoms with van der Waals surface area (Å²) in [4.78, 5) is 4.54. The third kappa shape index (κ3) is 8.14. The van der Waals surface area contributed by atoms with Crippen molar-refractivity contribution in [3.05, 3.63) is 230 Å². The van der Waals surface area contributed by atoms with E-state index in [-0.39, 0.29) is 0 Å². The van der Waals surface area contributed by atoms with Crippen molar-refractivity contribution < 1.29 is 0 Å². The molecule has 8 rings (SSSR count). The van der Waals surface area contributed by atoms with E-state index >= 15 is 0 Å². The second kappa shape index (κ2) is 15.9. The Morgan fingerprint density at radius 1 is 0.245 bits per heavy atom. The predicted octanol–water partition coefficient (Wildman–Crippen LogP) is 13.7. The van der Waals surface area contributed by atoms with Crippen LogP contribution in [-0.2, 0) is 6.42 Å². The minimum Gasteiger partial charge on any atom is -0.356 e. The van der Waals surface area contributed by atoms with Gasteiger partial charge in [0.05, 0.1) is 0 Å². The molecule has 0 radical (unpaired) electrons. The molecule has 2 N–H and O–H groups in total. The molecule has 0 unspecified atom stereocenters. The fraction of sp³-hybridized carbons (Fsp3) is 0.0204. The summed E-state index contributed by atoms with van der Waals surface area (Å²) in [7, 11) is 0. The zero-order chi connectivity index (χ0) is 35.7. The number of hydrogen-bond donors (Lipinski definition) is 2. The number of anilines is 10. The van der Waals surface area contributed by atoms with Crippen LogP contribution in [0.3, 0.4) is 0 Å². The first-order valence-corrected chi connectivity index (χ1v) is 18.0.